The van der Waals surface area contributed by atoms with Crippen molar-refractivity contribution in [3.05, 3.63) is 65.7 Å². The van der Waals surface area contributed by atoms with Gasteiger partial charge in [-0.2, -0.15) is 5.48 Å². The SMILES string of the molecule is CC(=O)NOc1ccc(CCOCCN(CCN2CCCC2)Cc2ccccc2)cc1. The highest BCUT2D eigenvalue weighted by Crippen LogP contribution is 2.12. The summed E-state index contributed by atoms with van der Waals surface area (Å²) in [7, 11) is 0. The van der Waals surface area contributed by atoms with Crippen LogP contribution in [0.1, 0.15) is 30.9 Å². The van der Waals surface area contributed by atoms with E-state index in [2.05, 4.69) is 45.6 Å². The van der Waals surface area contributed by atoms with Gasteiger partial charge in [0, 0.05) is 33.1 Å². The molecule has 1 amide bonds. The van der Waals surface area contributed by atoms with Crippen molar-refractivity contribution in [3.63, 3.8) is 0 Å². The first kappa shape index (κ1) is 23.3. The first-order chi connectivity index (χ1) is 15.2. The highest BCUT2D eigenvalue weighted by Gasteiger charge is 2.13. The molecule has 2 aromatic rings. The topological polar surface area (TPSA) is 54.0 Å². The molecule has 1 heterocycles. The molecule has 0 radical (unpaired) electrons. The van der Waals surface area contributed by atoms with Crippen molar-refractivity contribution in [1.82, 2.24) is 15.3 Å². The highest BCUT2D eigenvalue weighted by molar-refractivity contribution is 5.71. The Labute approximate surface area is 186 Å². The second kappa shape index (κ2) is 13.1. The summed E-state index contributed by atoms with van der Waals surface area (Å²) >= 11 is 0. The Bertz CT molecular complexity index is 761. The summed E-state index contributed by atoms with van der Waals surface area (Å²) in [5.74, 6) is 0.397. The van der Waals surface area contributed by atoms with Crippen LogP contribution in [0.25, 0.3) is 0 Å². The number of nitrogens with one attached hydrogen (secondary N) is 1. The van der Waals surface area contributed by atoms with Crippen molar-refractivity contribution in [2.24, 2.45) is 0 Å². The summed E-state index contributed by atoms with van der Waals surface area (Å²) in [6.07, 6.45) is 3.52. The number of carbonyl (C=O) groups excluding carboxylic acids is 1. The average molecular weight is 426 g/mol. The predicted octanol–water partition coefficient (Wildman–Crippen LogP) is 3.27. The van der Waals surface area contributed by atoms with E-state index in [0.29, 0.717) is 12.4 Å². The van der Waals surface area contributed by atoms with Crippen LogP contribution in [0.5, 0.6) is 5.75 Å². The van der Waals surface area contributed by atoms with E-state index in [-0.39, 0.29) is 5.91 Å². The van der Waals surface area contributed by atoms with Crippen LogP contribution in [-0.4, -0.2) is 61.6 Å². The average Bonchev–Trinajstić information content (AvgIpc) is 3.31. The minimum atomic E-state index is -0.223. The molecule has 0 aliphatic carbocycles. The zero-order valence-corrected chi connectivity index (χ0v) is 18.6. The molecule has 0 aromatic heterocycles. The number of rotatable bonds is 13. The van der Waals surface area contributed by atoms with Crippen molar-refractivity contribution in [1.29, 1.82) is 0 Å². The van der Waals surface area contributed by atoms with Gasteiger partial charge in [0.2, 0.25) is 5.91 Å². The Balaban J connectivity index is 1.37. The molecule has 1 fully saturated rings. The second-order valence-electron chi connectivity index (χ2n) is 8.08. The van der Waals surface area contributed by atoms with E-state index < -0.39 is 0 Å². The van der Waals surface area contributed by atoms with Gasteiger partial charge in [0.1, 0.15) is 0 Å². The molecule has 0 atom stereocenters. The molecule has 6 nitrogen and oxygen atoms in total. The third-order valence-corrected chi connectivity index (χ3v) is 5.50. The van der Waals surface area contributed by atoms with Gasteiger partial charge in [0.25, 0.3) is 0 Å². The number of nitrogens with zero attached hydrogens (tertiary/aromatic N) is 2. The fourth-order valence-electron chi connectivity index (χ4n) is 3.74. The zero-order chi connectivity index (χ0) is 21.7. The Morgan fingerprint density at radius 3 is 2.42 bits per heavy atom. The summed E-state index contributed by atoms with van der Waals surface area (Å²) in [5.41, 5.74) is 4.86. The number of likely N-dealkylation sites (tertiary alicyclic amines) is 1. The van der Waals surface area contributed by atoms with Crippen molar-refractivity contribution in [3.8, 4) is 5.75 Å². The van der Waals surface area contributed by atoms with Gasteiger partial charge in [-0.25, -0.2) is 0 Å². The molecule has 0 unspecified atom stereocenters. The van der Waals surface area contributed by atoms with Gasteiger partial charge in [0.05, 0.1) is 13.2 Å². The van der Waals surface area contributed by atoms with E-state index in [9.17, 15) is 4.79 Å². The lowest BCUT2D eigenvalue weighted by Crippen LogP contribution is -2.35. The van der Waals surface area contributed by atoms with Gasteiger partial charge in [-0.1, -0.05) is 42.5 Å². The van der Waals surface area contributed by atoms with E-state index >= 15 is 0 Å². The van der Waals surface area contributed by atoms with Crippen LogP contribution in [0.4, 0.5) is 0 Å². The van der Waals surface area contributed by atoms with Crippen LogP contribution in [-0.2, 0) is 22.5 Å². The largest absolute Gasteiger partial charge is 0.380 e. The van der Waals surface area contributed by atoms with E-state index in [1.54, 1.807) is 0 Å². The van der Waals surface area contributed by atoms with Gasteiger partial charge in [-0.05, 0) is 55.6 Å². The van der Waals surface area contributed by atoms with Gasteiger partial charge in [-0.15, -0.1) is 0 Å². The maximum absolute atomic E-state index is 10.9. The molecular weight excluding hydrogens is 390 g/mol. The smallest absolute Gasteiger partial charge is 0.249 e. The molecule has 2 aromatic carbocycles. The molecule has 0 saturated carbocycles. The standard InChI is InChI=1S/C25H35N3O3/c1-22(29)26-31-25-11-9-23(10-12-25)13-19-30-20-18-28(17-16-27-14-5-6-15-27)21-24-7-3-2-4-8-24/h2-4,7-12H,5-6,13-21H2,1H3,(H,26,29). The predicted molar refractivity (Wildman–Crippen MR) is 123 cm³/mol. The third kappa shape index (κ3) is 9.09. The van der Waals surface area contributed by atoms with Crippen LogP contribution in [0, 0.1) is 0 Å². The summed E-state index contributed by atoms with van der Waals surface area (Å²) in [5, 5.41) is 0. The summed E-state index contributed by atoms with van der Waals surface area (Å²) in [6.45, 7) is 9.44. The van der Waals surface area contributed by atoms with Crippen molar-refractivity contribution in [2.75, 3.05) is 45.9 Å². The molecule has 1 N–H and O–H groups in total. The van der Waals surface area contributed by atoms with Gasteiger partial charge >= 0.3 is 0 Å². The lowest BCUT2D eigenvalue weighted by atomic mass is 10.1. The number of hydrogen-bond donors (Lipinski definition) is 1. The fourth-order valence-corrected chi connectivity index (χ4v) is 3.74. The number of ether oxygens (including phenoxy) is 1. The Morgan fingerprint density at radius 2 is 1.71 bits per heavy atom. The number of carbonyl (C=O) groups is 1. The van der Waals surface area contributed by atoms with Crippen LogP contribution >= 0.6 is 0 Å². The Morgan fingerprint density at radius 1 is 0.968 bits per heavy atom. The second-order valence-corrected chi connectivity index (χ2v) is 8.08. The normalized spacial score (nSPS) is 14.1. The molecule has 31 heavy (non-hydrogen) atoms. The van der Waals surface area contributed by atoms with Crippen molar-refractivity contribution in [2.45, 2.75) is 32.7 Å². The number of benzene rings is 2. The van der Waals surface area contributed by atoms with E-state index in [1.807, 2.05) is 24.3 Å². The van der Waals surface area contributed by atoms with Crippen LogP contribution in [0.15, 0.2) is 54.6 Å². The Hall–Kier alpha value is -2.41. The summed E-state index contributed by atoms with van der Waals surface area (Å²) < 4.78 is 5.94. The Kier molecular flexibility index (Phi) is 9.83. The van der Waals surface area contributed by atoms with E-state index in [0.717, 1.165) is 39.2 Å². The lowest BCUT2D eigenvalue weighted by Gasteiger charge is -2.25. The van der Waals surface area contributed by atoms with Gasteiger partial charge in [-0.3, -0.25) is 9.69 Å². The number of hydrogen-bond acceptors (Lipinski definition) is 5. The maximum Gasteiger partial charge on any atom is 0.249 e. The monoisotopic (exact) mass is 425 g/mol. The lowest BCUT2D eigenvalue weighted by molar-refractivity contribution is -0.125. The van der Waals surface area contributed by atoms with Crippen LogP contribution in [0.3, 0.4) is 0 Å². The molecule has 168 valence electrons. The van der Waals surface area contributed by atoms with Crippen LogP contribution < -0.4 is 10.3 Å². The third-order valence-electron chi connectivity index (χ3n) is 5.50. The van der Waals surface area contributed by atoms with Crippen molar-refractivity contribution >= 4 is 5.91 Å². The molecule has 1 aliphatic heterocycles. The van der Waals surface area contributed by atoms with Gasteiger partial charge in [0.15, 0.2) is 5.75 Å². The fraction of sp³-hybridized carbons (Fsp3) is 0.480. The highest BCUT2D eigenvalue weighted by atomic mass is 16.7. The molecule has 1 saturated heterocycles. The molecule has 6 heteroatoms. The minimum absolute atomic E-state index is 0.223. The van der Waals surface area contributed by atoms with E-state index in [4.69, 9.17) is 9.57 Å². The summed E-state index contributed by atoms with van der Waals surface area (Å²) in [4.78, 5) is 21.1. The molecular formula is C25H35N3O3. The molecule has 0 bridgehead atoms. The van der Waals surface area contributed by atoms with Gasteiger partial charge < -0.3 is 14.5 Å². The maximum atomic E-state index is 10.9. The minimum Gasteiger partial charge on any atom is -0.380 e. The zero-order valence-electron chi connectivity index (χ0n) is 18.6. The molecule has 1 aliphatic rings. The van der Waals surface area contributed by atoms with E-state index in [1.165, 1.54) is 44.0 Å². The van der Waals surface area contributed by atoms with Crippen molar-refractivity contribution < 1.29 is 14.4 Å². The quantitative estimate of drug-likeness (QED) is 0.394. The first-order valence-electron chi connectivity index (χ1n) is 11.3. The molecule has 0 spiro atoms. The first-order valence-corrected chi connectivity index (χ1v) is 11.3. The summed E-state index contributed by atoms with van der Waals surface area (Å²) in [6, 6.07) is 18.4. The van der Waals surface area contributed by atoms with Crippen LogP contribution in [0.2, 0.25) is 0 Å². The number of hydroxylamine groups is 1. The molecule has 3 rings (SSSR count). The number of amides is 1.